The third-order valence-electron chi connectivity index (χ3n) is 3.59. The van der Waals surface area contributed by atoms with Gasteiger partial charge in [0.25, 0.3) is 0 Å². The summed E-state index contributed by atoms with van der Waals surface area (Å²) in [6.07, 6.45) is 0.502. The van der Waals surface area contributed by atoms with Crippen molar-refractivity contribution in [1.29, 1.82) is 0 Å². The molecule has 0 heterocycles. The lowest BCUT2D eigenvalue weighted by molar-refractivity contribution is -0.128. The summed E-state index contributed by atoms with van der Waals surface area (Å²) in [7, 11) is 0. The summed E-state index contributed by atoms with van der Waals surface area (Å²) in [5.41, 5.74) is 4.92. The van der Waals surface area contributed by atoms with Crippen molar-refractivity contribution in [2.45, 2.75) is 53.6 Å². The largest absolute Gasteiger partial charge is 0.488 e. The Morgan fingerprint density at radius 1 is 1.09 bits per heavy atom. The fourth-order valence-corrected chi connectivity index (χ4v) is 2.53. The molecule has 4 heteroatoms. The van der Waals surface area contributed by atoms with Gasteiger partial charge in [-0.1, -0.05) is 27.7 Å². The van der Waals surface area contributed by atoms with Gasteiger partial charge in [0.2, 0.25) is 5.91 Å². The van der Waals surface area contributed by atoms with E-state index in [1.807, 2.05) is 41.5 Å². The van der Waals surface area contributed by atoms with Crippen molar-refractivity contribution in [1.82, 2.24) is 0 Å². The molecule has 0 saturated heterocycles. The molecule has 0 aliphatic carbocycles. The molecule has 0 saturated carbocycles. The first kappa shape index (κ1) is 18.2. The van der Waals surface area contributed by atoms with E-state index in [1.54, 1.807) is 24.3 Å². The topological polar surface area (TPSA) is 69.4 Å². The number of nitrogens with two attached hydrogens (primary N) is 1. The van der Waals surface area contributed by atoms with Gasteiger partial charge in [0.1, 0.15) is 11.4 Å². The predicted octanol–water partition coefficient (Wildman–Crippen LogP) is 3.58. The molecule has 0 aliphatic rings. The number of amides is 1. The molecule has 0 radical (unpaired) electrons. The zero-order valence-corrected chi connectivity index (χ0v) is 14.4. The van der Waals surface area contributed by atoms with Crippen molar-refractivity contribution < 1.29 is 14.3 Å². The molecule has 1 aromatic carbocycles. The van der Waals surface area contributed by atoms with Crippen molar-refractivity contribution in [3.63, 3.8) is 0 Å². The Bertz CT molecular complexity index is 542. The monoisotopic (exact) mass is 305 g/mol. The summed E-state index contributed by atoms with van der Waals surface area (Å²) in [5.74, 6) is 0.410. The van der Waals surface area contributed by atoms with Gasteiger partial charge in [-0.2, -0.15) is 0 Å². The number of Topliss-reactive ketones (excluding diaryl/α,β-unsaturated/α-hetero) is 1. The molecule has 1 rings (SSSR count). The molecule has 4 nitrogen and oxygen atoms in total. The molecule has 0 aromatic heterocycles. The molecule has 0 unspecified atom stereocenters. The van der Waals surface area contributed by atoms with Gasteiger partial charge in [-0.25, -0.2) is 0 Å². The number of primary amides is 1. The van der Waals surface area contributed by atoms with Crippen LogP contribution in [-0.4, -0.2) is 17.3 Å². The number of hydrogen-bond acceptors (Lipinski definition) is 3. The van der Waals surface area contributed by atoms with E-state index in [0.717, 1.165) is 0 Å². The highest BCUT2D eigenvalue weighted by Gasteiger charge is 2.34. The van der Waals surface area contributed by atoms with Gasteiger partial charge in [0.05, 0.1) is 0 Å². The van der Waals surface area contributed by atoms with Crippen LogP contribution in [0.25, 0.3) is 0 Å². The Morgan fingerprint density at radius 3 is 2.00 bits per heavy atom. The normalized spacial score (nSPS) is 12.3. The minimum atomic E-state index is -0.642. The Morgan fingerprint density at radius 2 is 1.59 bits per heavy atom. The molecule has 2 N–H and O–H groups in total. The number of benzene rings is 1. The van der Waals surface area contributed by atoms with Crippen LogP contribution in [0.15, 0.2) is 24.3 Å². The van der Waals surface area contributed by atoms with Crippen molar-refractivity contribution >= 4 is 11.7 Å². The van der Waals surface area contributed by atoms with Crippen molar-refractivity contribution in [3.8, 4) is 5.75 Å². The van der Waals surface area contributed by atoms with Gasteiger partial charge >= 0.3 is 0 Å². The summed E-state index contributed by atoms with van der Waals surface area (Å²) >= 11 is 0. The van der Waals surface area contributed by atoms with Gasteiger partial charge in [-0.15, -0.1) is 0 Å². The Hall–Kier alpha value is -1.84. The third kappa shape index (κ3) is 4.86. The van der Waals surface area contributed by atoms with Gasteiger partial charge < -0.3 is 10.5 Å². The lowest BCUT2D eigenvalue weighted by Crippen LogP contribution is -2.41. The van der Waals surface area contributed by atoms with Crippen LogP contribution in [-0.2, 0) is 4.79 Å². The van der Waals surface area contributed by atoms with Crippen LogP contribution in [0, 0.1) is 11.3 Å². The van der Waals surface area contributed by atoms with E-state index in [-0.39, 0.29) is 17.6 Å². The summed E-state index contributed by atoms with van der Waals surface area (Å²) in [4.78, 5) is 23.4. The molecule has 1 amide bonds. The maximum Gasteiger partial charge on any atom is 0.223 e. The second-order valence-electron chi connectivity index (χ2n) is 7.33. The second-order valence-corrected chi connectivity index (χ2v) is 7.33. The van der Waals surface area contributed by atoms with Crippen LogP contribution in [0.1, 0.15) is 58.3 Å². The zero-order chi connectivity index (χ0) is 17.1. The van der Waals surface area contributed by atoms with Crippen molar-refractivity contribution in [2.75, 3.05) is 0 Å². The first-order valence-corrected chi connectivity index (χ1v) is 7.58. The van der Waals surface area contributed by atoms with E-state index < -0.39 is 11.0 Å². The Balaban J connectivity index is 2.82. The quantitative estimate of drug-likeness (QED) is 0.783. The lowest BCUT2D eigenvalue weighted by Gasteiger charge is -2.33. The summed E-state index contributed by atoms with van der Waals surface area (Å²) in [6.45, 7) is 11.2. The maximum atomic E-state index is 11.9. The minimum absolute atomic E-state index is 0.0282. The molecular formula is C18H27NO3. The number of ketones is 1. The fourth-order valence-electron chi connectivity index (χ4n) is 2.53. The molecule has 0 fully saturated rings. The molecule has 1 aromatic rings. The van der Waals surface area contributed by atoms with E-state index in [1.165, 1.54) is 0 Å². The van der Waals surface area contributed by atoms with Gasteiger partial charge in [0, 0.05) is 23.3 Å². The Labute approximate surface area is 133 Å². The number of carbonyl (C=O) groups is 2. The van der Waals surface area contributed by atoms with E-state index in [2.05, 4.69) is 0 Å². The number of rotatable bonds is 7. The zero-order valence-electron chi connectivity index (χ0n) is 14.4. The highest BCUT2D eigenvalue weighted by Crippen LogP contribution is 2.31. The van der Waals surface area contributed by atoms with Gasteiger partial charge in [0.15, 0.2) is 5.78 Å². The van der Waals surface area contributed by atoms with Gasteiger partial charge in [-0.05, 0) is 38.1 Å². The van der Waals surface area contributed by atoms with Crippen LogP contribution in [0.5, 0.6) is 5.75 Å². The summed E-state index contributed by atoms with van der Waals surface area (Å²) in [6, 6.07) is 7.11. The SMILES string of the molecule is CC(C)C(=O)c1ccc(OC(C)(C)CC(C)(C)C(N)=O)cc1. The highest BCUT2D eigenvalue weighted by molar-refractivity contribution is 5.97. The van der Waals surface area contributed by atoms with Gasteiger partial charge in [-0.3, -0.25) is 9.59 Å². The van der Waals surface area contributed by atoms with Crippen molar-refractivity contribution in [3.05, 3.63) is 29.8 Å². The van der Waals surface area contributed by atoms with Crippen LogP contribution < -0.4 is 10.5 Å². The van der Waals surface area contributed by atoms with Crippen LogP contribution in [0.3, 0.4) is 0 Å². The average molecular weight is 305 g/mol. The second kappa shape index (κ2) is 6.51. The lowest BCUT2D eigenvalue weighted by atomic mass is 9.81. The highest BCUT2D eigenvalue weighted by atomic mass is 16.5. The van der Waals surface area contributed by atoms with Crippen LogP contribution in [0.4, 0.5) is 0 Å². The van der Waals surface area contributed by atoms with Crippen molar-refractivity contribution in [2.24, 2.45) is 17.1 Å². The van der Waals surface area contributed by atoms with E-state index >= 15 is 0 Å². The summed E-state index contributed by atoms with van der Waals surface area (Å²) < 4.78 is 5.96. The molecule has 0 spiro atoms. The minimum Gasteiger partial charge on any atom is -0.488 e. The maximum absolute atomic E-state index is 11.9. The first-order valence-electron chi connectivity index (χ1n) is 7.58. The van der Waals surface area contributed by atoms with Crippen LogP contribution >= 0.6 is 0 Å². The molecule has 122 valence electrons. The summed E-state index contributed by atoms with van der Waals surface area (Å²) in [5, 5.41) is 0. The Kier molecular flexibility index (Phi) is 5.39. The standard InChI is InChI=1S/C18H27NO3/c1-12(2)15(20)13-7-9-14(10-8-13)22-18(5,6)11-17(3,4)16(19)21/h7-10,12H,11H2,1-6H3,(H2,19,21). The predicted molar refractivity (Wildman–Crippen MR) is 87.9 cm³/mol. The first-order chi connectivity index (χ1) is 9.94. The fraction of sp³-hybridized carbons (Fsp3) is 0.556. The third-order valence-corrected chi connectivity index (χ3v) is 3.59. The van der Waals surface area contributed by atoms with E-state index in [4.69, 9.17) is 10.5 Å². The molecular weight excluding hydrogens is 278 g/mol. The molecule has 0 aliphatic heterocycles. The smallest absolute Gasteiger partial charge is 0.223 e. The average Bonchev–Trinajstić information content (AvgIpc) is 2.36. The molecule has 22 heavy (non-hydrogen) atoms. The van der Waals surface area contributed by atoms with Crippen LogP contribution in [0.2, 0.25) is 0 Å². The van der Waals surface area contributed by atoms with E-state index in [0.29, 0.717) is 17.7 Å². The number of carbonyl (C=O) groups excluding carboxylic acids is 2. The number of ether oxygens (including phenoxy) is 1. The molecule has 0 atom stereocenters. The van der Waals surface area contributed by atoms with E-state index in [9.17, 15) is 9.59 Å². The number of hydrogen-bond donors (Lipinski definition) is 1. The molecule has 0 bridgehead atoms.